The molecule has 0 aromatic carbocycles. The highest BCUT2D eigenvalue weighted by Gasteiger charge is 2.37. The quantitative estimate of drug-likeness (QED) is 0.769. The Labute approximate surface area is 152 Å². The molecule has 1 amide bonds. The molecule has 0 spiro atoms. The maximum atomic E-state index is 12.9. The second kappa shape index (κ2) is 6.94. The Morgan fingerprint density at radius 3 is 2.52 bits per heavy atom. The van der Waals surface area contributed by atoms with E-state index >= 15 is 0 Å². The first-order valence-electron chi connectivity index (χ1n) is 8.93. The van der Waals surface area contributed by atoms with Gasteiger partial charge in [-0.2, -0.15) is 0 Å². The van der Waals surface area contributed by atoms with Gasteiger partial charge in [-0.05, 0) is 46.0 Å². The van der Waals surface area contributed by atoms with E-state index in [0.29, 0.717) is 19.0 Å². The molecule has 6 nitrogen and oxygen atoms in total. The van der Waals surface area contributed by atoms with E-state index in [-0.39, 0.29) is 17.8 Å². The topological polar surface area (TPSA) is 63.9 Å². The molecule has 25 heavy (non-hydrogen) atoms. The lowest BCUT2D eigenvalue weighted by Gasteiger charge is -2.37. The Balaban J connectivity index is 1.62. The van der Waals surface area contributed by atoms with Gasteiger partial charge < -0.3 is 14.2 Å². The van der Waals surface area contributed by atoms with Crippen LogP contribution in [0.15, 0.2) is 10.4 Å². The van der Waals surface area contributed by atoms with Crippen molar-refractivity contribution < 1.29 is 14.3 Å². The fourth-order valence-corrected chi connectivity index (χ4v) is 4.65. The lowest BCUT2D eigenvalue weighted by atomic mass is 9.78. The molecule has 1 saturated heterocycles. The molecule has 2 aliphatic heterocycles. The number of carbonyl (C=O) groups is 2. The summed E-state index contributed by atoms with van der Waals surface area (Å²) in [7, 11) is 1.77. The van der Waals surface area contributed by atoms with Crippen LogP contribution in [0.3, 0.4) is 0 Å². The summed E-state index contributed by atoms with van der Waals surface area (Å²) in [5.74, 6) is 0.662. The van der Waals surface area contributed by atoms with Crippen molar-refractivity contribution in [1.29, 1.82) is 0 Å². The molecule has 0 aliphatic carbocycles. The van der Waals surface area contributed by atoms with Gasteiger partial charge in [0.1, 0.15) is 5.60 Å². The molecule has 1 fully saturated rings. The van der Waals surface area contributed by atoms with E-state index in [4.69, 9.17) is 4.74 Å². The zero-order valence-electron chi connectivity index (χ0n) is 15.4. The van der Waals surface area contributed by atoms with Crippen molar-refractivity contribution in [2.24, 2.45) is 16.8 Å². The van der Waals surface area contributed by atoms with Crippen LogP contribution in [0, 0.1) is 11.8 Å². The average molecular weight is 365 g/mol. The molecule has 3 rings (SSSR count). The fraction of sp³-hybridized carbons (Fsp3) is 0.722. The fourth-order valence-electron chi connectivity index (χ4n) is 3.77. The van der Waals surface area contributed by atoms with Gasteiger partial charge in [0.25, 0.3) is 0 Å². The Morgan fingerprint density at radius 2 is 1.92 bits per heavy atom. The number of piperidine rings is 1. The van der Waals surface area contributed by atoms with Crippen LogP contribution in [0.5, 0.6) is 0 Å². The number of thiazole rings is 1. The Kier molecular flexibility index (Phi) is 5.04. The van der Waals surface area contributed by atoms with Gasteiger partial charge in [0.2, 0.25) is 0 Å². The van der Waals surface area contributed by atoms with Gasteiger partial charge in [-0.25, -0.2) is 4.79 Å². The van der Waals surface area contributed by atoms with Crippen LogP contribution in [0.25, 0.3) is 0 Å². The van der Waals surface area contributed by atoms with Crippen LogP contribution in [-0.2, 0) is 11.3 Å². The van der Waals surface area contributed by atoms with Crippen LogP contribution < -0.4 is 4.80 Å². The number of nitrogens with zero attached hydrogens (tertiary/aromatic N) is 3. The van der Waals surface area contributed by atoms with Gasteiger partial charge in [0.05, 0.1) is 5.69 Å². The van der Waals surface area contributed by atoms with E-state index in [0.717, 1.165) is 36.3 Å². The molecule has 7 heteroatoms. The van der Waals surface area contributed by atoms with Crippen molar-refractivity contribution in [1.82, 2.24) is 9.47 Å². The van der Waals surface area contributed by atoms with Gasteiger partial charge in [-0.1, -0.05) is 0 Å². The lowest BCUT2D eigenvalue weighted by molar-refractivity contribution is 0.0156. The Bertz CT molecular complexity index is 721. The molecule has 0 bridgehead atoms. The summed E-state index contributed by atoms with van der Waals surface area (Å²) in [6.07, 6.45) is 2.36. The third-order valence-corrected chi connectivity index (χ3v) is 5.96. The summed E-state index contributed by atoms with van der Waals surface area (Å²) < 4.78 is 7.49. The van der Waals surface area contributed by atoms with Gasteiger partial charge in [-0.3, -0.25) is 9.79 Å². The zero-order chi connectivity index (χ0) is 18.2. The van der Waals surface area contributed by atoms with Crippen LogP contribution in [0.2, 0.25) is 0 Å². The second-order valence-corrected chi connectivity index (χ2v) is 8.68. The van der Waals surface area contributed by atoms with Crippen molar-refractivity contribution in [2.75, 3.05) is 20.1 Å². The molecule has 0 saturated carbocycles. The first-order valence-corrected chi connectivity index (χ1v) is 9.81. The van der Waals surface area contributed by atoms with E-state index in [1.807, 2.05) is 30.7 Å². The van der Waals surface area contributed by atoms with Crippen molar-refractivity contribution in [3.8, 4) is 0 Å². The summed E-state index contributed by atoms with van der Waals surface area (Å²) >= 11 is 1.53. The van der Waals surface area contributed by atoms with Gasteiger partial charge >= 0.3 is 6.09 Å². The minimum absolute atomic E-state index is 0.0695. The van der Waals surface area contributed by atoms with Crippen molar-refractivity contribution in [2.45, 2.75) is 52.2 Å². The summed E-state index contributed by atoms with van der Waals surface area (Å²) in [5.41, 5.74) is 0.332. The highest BCUT2D eigenvalue weighted by molar-refractivity contribution is 7.07. The summed E-state index contributed by atoms with van der Waals surface area (Å²) in [5, 5.41) is 1.94. The number of ether oxygens (including phenoxy) is 1. The molecule has 2 aliphatic rings. The average Bonchev–Trinajstić information content (AvgIpc) is 2.98. The van der Waals surface area contributed by atoms with E-state index < -0.39 is 5.60 Å². The van der Waals surface area contributed by atoms with Crippen molar-refractivity contribution >= 4 is 23.2 Å². The van der Waals surface area contributed by atoms with Crippen LogP contribution >= 0.6 is 11.3 Å². The maximum absolute atomic E-state index is 12.9. The third-order valence-electron chi connectivity index (χ3n) is 5.00. The Morgan fingerprint density at radius 1 is 1.24 bits per heavy atom. The van der Waals surface area contributed by atoms with Gasteiger partial charge in [0, 0.05) is 38.0 Å². The van der Waals surface area contributed by atoms with Gasteiger partial charge in [-0.15, -0.1) is 11.3 Å². The maximum Gasteiger partial charge on any atom is 0.410 e. The minimum Gasteiger partial charge on any atom is -0.444 e. The number of hydrogen-bond donors (Lipinski definition) is 0. The summed E-state index contributed by atoms with van der Waals surface area (Å²) in [4.78, 5) is 32.0. The number of hydrogen-bond acceptors (Lipinski definition) is 5. The molecule has 3 heterocycles. The number of rotatable bonds is 1. The van der Waals surface area contributed by atoms with E-state index in [1.165, 1.54) is 11.3 Å². The summed E-state index contributed by atoms with van der Waals surface area (Å²) in [6.45, 7) is 7.83. The molecular weight excluding hydrogens is 338 g/mol. The largest absolute Gasteiger partial charge is 0.444 e. The van der Waals surface area contributed by atoms with E-state index in [1.54, 1.807) is 11.9 Å². The highest BCUT2D eigenvalue weighted by Crippen LogP contribution is 2.33. The number of ketones is 1. The molecule has 0 radical (unpaired) electrons. The number of carbonyl (C=O) groups excluding carboxylic acids is 2. The predicted octanol–water partition coefficient (Wildman–Crippen LogP) is 2.93. The number of Topliss-reactive ketones (excluding diaryl/α,β-unsaturated/α-hetero) is 1. The standard InChI is InChI=1S/C18H27N3O3S/c1-18(2,3)24-17(23)20-8-5-12(6-9-20)13-7-10-21-14(15(13)22)11-25-16(21)19-4/h11-13H,5-10H2,1-4H3. The van der Waals surface area contributed by atoms with E-state index in [9.17, 15) is 9.59 Å². The monoisotopic (exact) mass is 365 g/mol. The number of amides is 1. The summed E-state index contributed by atoms with van der Waals surface area (Å²) in [6, 6.07) is 0. The van der Waals surface area contributed by atoms with Crippen molar-refractivity contribution in [3.63, 3.8) is 0 Å². The van der Waals surface area contributed by atoms with Gasteiger partial charge in [0.15, 0.2) is 10.6 Å². The molecule has 1 atom stereocenters. The predicted molar refractivity (Wildman–Crippen MR) is 96.8 cm³/mol. The number of aromatic nitrogens is 1. The second-order valence-electron chi connectivity index (χ2n) is 7.84. The molecule has 1 aromatic rings. The first kappa shape index (κ1) is 18.2. The molecule has 1 aromatic heterocycles. The molecule has 138 valence electrons. The highest BCUT2D eigenvalue weighted by atomic mass is 32.1. The SMILES string of the molecule is CN=c1scc2n1CCC(C1CCN(C(=O)OC(C)(C)C)CC1)C2=O. The normalized spacial score (nSPS) is 22.9. The smallest absolute Gasteiger partial charge is 0.410 e. The Hall–Kier alpha value is -1.63. The molecule has 0 N–H and O–H groups in total. The van der Waals surface area contributed by atoms with Crippen LogP contribution in [0.4, 0.5) is 4.79 Å². The first-order chi connectivity index (χ1) is 11.8. The molecular formula is C18H27N3O3S. The van der Waals surface area contributed by atoms with Crippen LogP contribution in [0.1, 0.15) is 50.5 Å². The van der Waals surface area contributed by atoms with Crippen LogP contribution in [-0.4, -0.2) is 47.1 Å². The molecule has 1 unspecified atom stereocenters. The minimum atomic E-state index is -0.470. The number of likely N-dealkylation sites (tertiary alicyclic amines) is 1. The van der Waals surface area contributed by atoms with E-state index in [2.05, 4.69) is 4.99 Å². The number of fused-ring (bicyclic) bond motifs is 1. The lowest BCUT2D eigenvalue weighted by Crippen LogP contribution is -2.44. The van der Waals surface area contributed by atoms with Crippen molar-refractivity contribution in [3.05, 3.63) is 15.9 Å². The third kappa shape index (κ3) is 3.81. The zero-order valence-corrected chi connectivity index (χ0v) is 16.3.